The minimum atomic E-state index is 0.111. The zero-order valence-corrected chi connectivity index (χ0v) is 18.1. The van der Waals surface area contributed by atoms with Crippen molar-refractivity contribution in [3.05, 3.63) is 23.2 Å². The van der Waals surface area contributed by atoms with E-state index < -0.39 is 0 Å². The average molecular weight is 422 g/mol. The summed E-state index contributed by atoms with van der Waals surface area (Å²) >= 11 is 6.17. The number of carbonyl (C=O) groups excluding carboxylic acids is 1. The minimum Gasteiger partial charge on any atom is -0.495 e. The van der Waals surface area contributed by atoms with Crippen LogP contribution < -0.4 is 25.6 Å². The van der Waals surface area contributed by atoms with Gasteiger partial charge < -0.3 is 25.6 Å². The summed E-state index contributed by atoms with van der Waals surface area (Å²) in [6.07, 6.45) is 6.10. The number of halogens is 1. The van der Waals surface area contributed by atoms with Gasteiger partial charge in [0.1, 0.15) is 5.75 Å². The molecule has 3 N–H and O–H groups in total. The van der Waals surface area contributed by atoms with Crippen molar-refractivity contribution < 1.29 is 9.53 Å². The van der Waals surface area contributed by atoms with E-state index in [0.717, 1.165) is 49.7 Å². The maximum Gasteiger partial charge on any atom is 0.221 e. The van der Waals surface area contributed by atoms with Crippen LogP contribution in [0, 0.1) is 0 Å². The summed E-state index contributed by atoms with van der Waals surface area (Å²) in [5.74, 6) is 1.66. The van der Waals surface area contributed by atoms with E-state index >= 15 is 0 Å². The summed E-state index contributed by atoms with van der Waals surface area (Å²) in [5.41, 5.74) is 1.01. The van der Waals surface area contributed by atoms with Crippen molar-refractivity contribution in [3.63, 3.8) is 0 Å². The molecule has 0 spiro atoms. The maximum absolute atomic E-state index is 12.1. The second-order valence-electron chi connectivity index (χ2n) is 7.69. The lowest BCUT2D eigenvalue weighted by molar-refractivity contribution is -0.121. The molecule has 160 valence electrons. The topological polar surface area (TPSA) is 78.0 Å². The van der Waals surface area contributed by atoms with Crippen molar-refractivity contribution in [2.24, 2.45) is 4.99 Å². The Morgan fingerprint density at radius 1 is 1.24 bits per heavy atom. The first-order valence-corrected chi connectivity index (χ1v) is 10.8. The van der Waals surface area contributed by atoms with Crippen LogP contribution in [0.4, 0.5) is 5.69 Å². The molecule has 2 aliphatic rings. The number of nitrogens with zero attached hydrogens (tertiary/aromatic N) is 2. The molecule has 1 aromatic carbocycles. The fourth-order valence-corrected chi connectivity index (χ4v) is 4.23. The number of amides is 1. The monoisotopic (exact) mass is 421 g/mol. The number of ether oxygens (including phenoxy) is 1. The van der Waals surface area contributed by atoms with Gasteiger partial charge >= 0.3 is 0 Å². The first-order valence-electron chi connectivity index (χ1n) is 10.4. The Labute approximate surface area is 178 Å². The number of aliphatic imine (C=N–C) groups is 1. The highest BCUT2D eigenvalue weighted by atomic mass is 35.5. The molecule has 1 saturated heterocycles. The highest BCUT2D eigenvalue weighted by Crippen LogP contribution is 2.33. The number of benzene rings is 1. The number of carbonyl (C=O) groups is 1. The zero-order valence-electron chi connectivity index (χ0n) is 17.3. The van der Waals surface area contributed by atoms with E-state index in [-0.39, 0.29) is 11.9 Å². The fourth-order valence-electron chi connectivity index (χ4n) is 4.06. The molecule has 8 heteroatoms. The van der Waals surface area contributed by atoms with Crippen LogP contribution >= 0.6 is 11.6 Å². The smallest absolute Gasteiger partial charge is 0.221 e. The molecule has 1 aliphatic carbocycles. The molecular formula is C21H32ClN5O2. The molecule has 1 aromatic rings. The first kappa shape index (κ1) is 21.6. The molecule has 1 saturated carbocycles. The normalized spacial score (nSPS) is 20.0. The van der Waals surface area contributed by atoms with Gasteiger partial charge in [-0.05, 0) is 37.5 Å². The van der Waals surface area contributed by atoms with Crippen LogP contribution in [0.2, 0.25) is 5.02 Å². The lowest BCUT2D eigenvalue weighted by atomic mass is 10.2. The van der Waals surface area contributed by atoms with Gasteiger partial charge in [0, 0.05) is 50.2 Å². The van der Waals surface area contributed by atoms with Gasteiger partial charge in [-0.25, -0.2) is 0 Å². The molecule has 2 fully saturated rings. The summed E-state index contributed by atoms with van der Waals surface area (Å²) < 4.78 is 5.48. The number of rotatable bonds is 7. The Balaban J connectivity index is 1.43. The molecule has 0 radical (unpaired) electrons. The number of anilines is 1. The Hall–Kier alpha value is -2.15. The molecule has 3 rings (SSSR count). The SMILES string of the molecule is CN=C(NCCC(=O)NC1CCCC1)NC1CCN(c2cc(Cl)ccc2OC)C1. The molecule has 0 bridgehead atoms. The average Bonchev–Trinajstić information content (AvgIpc) is 3.39. The van der Waals surface area contributed by atoms with Crippen molar-refractivity contribution in [2.75, 3.05) is 38.7 Å². The Bertz CT molecular complexity index is 721. The van der Waals surface area contributed by atoms with Gasteiger partial charge in [-0.15, -0.1) is 0 Å². The van der Waals surface area contributed by atoms with Crippen molar-refractivity contribution >= 4 is 29.2 Å². The highest BCUT2D eigenvalue weighted by molar-refractivity contribution is 6.30. The van der Waals surface area contributed by atoms with Crippen molar-refractivity contribution in [1.29, 1.82) is 0 Å². The van der Waals surface area contributed by atoms with E-state index in [1.807, 2.05) is 18.2 Å². The Morgan fingerprint density at radius 2 is 2.03 bits per heavy atom. The number of methoxy groups -OCH3 is 1. The second-order valence-corrected chi connectivity index (χ2v) is 8.13. The first-order chi connectivity index (χ1) is 14.1. The van der Waals surface area contributed by atoms with Crippen molar-refractivity contribution in [3.8, 4) is 5.75 Å². The lowest BCUT2D eigenvalue weighted by Crippen LogP contribution is -2.45. The summed E-state index contributed by atoms with van der Waals surface area (Å²) in [4.78, 5) is 18.6. The molecule has 29 heavy (non-hydrogen) atoms. The van der Waals surface area contributed by atoms with Gasteiger partial charge in [0.15, 0.2) is 5.96 Å². The molecule has 1 unspecified atom stereocenters. The van der Waals surface area contributed by atoms with E-state index in [1.54, 1.807) is 14.2 Å². The molecule has 1 amide bonds. The number of nitrogens with one attached hydrogen (secondary N) is 3. The van der Waals surface area contributed by atoms with Crippen LogP contribution in [0.5, 0.6) is 5.75 Å². The minimum absolute atomic E-state index is 0.111. The molecule has 0 aromatic heterocycles. The quantitative estimate of drug-likeness (QED) is 0.466. The zero-order chi connectivity index (χ0) is 20.6. The predicted molar refractivity (Wildman–Crippen MR) is 118 cm³/mol. The van der Waals surface area contributed by atoms with Gasteiger partial charge in [-0.1, -0.05) is 24.4 Å². The van der Waals surface area contributed by atoms with Gasteiger partial charge in [-0.3, -0.25) is 9.79 Å². The number of guanidine groups is 1. The number of hydrogen-bond acceptors (Lipinski definition) is 4. The Kier molecular flexibility index (Phi) is 7.86. The molecule has 1 heterocycles. The standard InChI is InChI=1S/C21H32ClN5O2/c1-23-21(24-11-9-20(28)25-16-5-3-4-6-16)26-17-10-12-27(14-17)18-13-15(22)7-8-19(18)29-2/h7-8,13,16-17H,3-6,9-12,14H2,1-2H3,(H,25,28)(H2,23,24,26). The van der Waals surface area contributed by atoms with E-state index in [0.29, 0.717) is 24.0 Å². The fraction of sp³-hybridized carbons (Fsp3) is 0.619. The third-order valence-electron chi connectivity index (χ3n) is 5.60. The summed E-state index contributed by atoms with van der Waals surface area (Å²) in [5, 5.41) is 10.5. The molecule has 1 aliphatic heterocycles. The summed E-state index contributed by atoms with van der Waals surface area (Å²) in [7, 11) is 3.42. The third kappa shape index (κ3) is 6.16. The predicted octanol–water partition coefficient (Wildman–Crippen LogP) is 2.54. The van der Waals surface area contributed by atoms with E-state index in [1.165, 1.54) is 12.8 Å². The second kappa shape index (κ2) is 10.6. The number of hydrogen-bond donors (Lipinski definition) is 3. The maximum atomic E-state index is 12.1. The molecular weight excluding hydrogens is 390 g/mol. The van der Waals surface area contributed by atoms with Crippen LogP contribution in [0.25, 0.3) is 0 Å². The summed E-state index contributed by atoms with van der Waals surface area (Å²) in [6.45, 7) is 2.31. The van der Waals surface area contributed by atoms with E-state index in [2.05, 4.69) is 25.8 Å². The highest BCUT2D eigenvalue weighted by Gasteiger charge is 2.25. The Morgan fingerprint density at radius 3 is 2.76 bits per heavy atom. The van der Waals surface area contributed by atoms with Crippen LogP contribution in [0.1, 0.15) is 38.5 Å². The van der Waals surface area contributed by atoms with Gasteiger partial charge in [0.05, 0.1) is 12.8 Å². The molecule has 1 atom stereocenters. The van der Waals surface area contributed by atoms with Crippen molar-refractivity contribution in [1.82, 2.24) is 16.0 Å². The van der Waals surface area contributed by atoms with Gasteiger partial charge in [0.2, 0.25) is 5.91 Å². The van der Waals surface area contributed by atoms with E-state index in [9.17, 15) is 4.79 Å². The van der Waals surface area contributed by atoms with Crippen LogP contribution in [-0.2, 0) is 4.79 Å². The molecule has 7 nitrogen and oxygen atoms in total. The van der Waals surface area contributed by atoms with E-state index in [4.69, 9.17) is 16.3 Å². The van der Waals surface area contributed by atoms with Gasteiger partial charge in [0.25, 0.3) is 0 Å². The third-order valence-corrected chi connectivity index (χ3v) is 5.83. The van der Waals surface area contributed by atoms with Crippen LogP contribution in [-0.4, -0.2) is 57.7 Å². The summed E-state index contributed by atoms with van der Waals surface area (Å²) in [6, 6.07) is 6.31. The van der Waals surface area contributed by atoms with Crippen molar-refractivity contribution in [2.45, 2.75) is 50.6 Å². The van der Waals surface area contributed by atoms with Crippen LogP contribution in [0.15, 0.2) is 23.2 Å². The van der Waals surface area contributed by atoms with Crippen LogP contribution in [0.3, 0.4) is 0 Å². The largest absolute Gasteiger partial charge is 0.495 e. The lowest BCUT2D eigenvalue weighted by Gasteiger charge is -2.22. The van der Waals surface area contributed by atoms with Gasteiger partial charge in [-0.2, -0.15) is 0 Å².